The molecule has 0 aliphatic heterocycles. The minimum atomic E-state index is 0.869. The zero-order valence-corrected chi connectivity index (χ0v) is 31.4. The van der Waals surface area contributed by atoms with Gasteiger partial charge in [-0.2, -0.15) is 10.2 Å². The van der Waals surface area contributed by atoms with E-state index in [0.717, 1.165) is 68.6 Å². The molecule has 2 heterocycles. The number of aromatic nitrogens is 4. The number of benzene rings is 6. The molecule has 6 aromatic carbocycles. The Morgan fingerprint density at radius 1 is 0.623 bits per heavy atom. The van der Waals surface area contributed by atoms with Crippen LogP contribution in [0.3, 0.4) is 0 Å². The Kier molecular flexibility index (Phi) is 8.75. The molecule has 8 rings (SSSR count). The predicted octanol–water partition coefficient (Wildman–Crippen LogP) is 12.0. The number of aliphatic imine (C=N–C) groups is 1. The van der Waals surface area contributed by atoms with Crippen LogP contribution in [0.4, 0.5) is 17.1 Å². The predicted molar refractivity (Wildman–Crippen MR) is 223 cm³/mol. The average molecular weight is 693 g/mol. The number of fused-ring (bicyclic) bond motifs is 2. The third-order valence-electron chi connectivity index (χ3n) is 10.9. The van der Waals surface area contributed by atoms with Gasteiger partial charge in [0.05, 0.1) is 46.2 Å². The van der Waals surface area contributed by atoms with E-state index in [1.165, 1.54) is 44.5 Å². The molecule has 0 N–H and O–H groups in total. The lowest BCUT2D eigenvalue weighted by Crippen LogP contribution is -2.10. The molecule has 0 bridgehead atoms. The second kappa shape index (κ2) is 13.7. The Morgan fingerprint density at radius 2 is 1.13 bits per heavy atom. The molecule has 8 aromatic rings. The Labute approximate surface area is 311 Å². The number of nitrogens with zero attached hydrogens (tertiary/aromatic N) is 6. The maximum absolute atomic E-state index is 4.87. The quantitative estimate of drug-likeness (QED) is 0.142. The van der Waals surface area contributed by atoms with Crippen molar-refractivity contribution < 1.29 is 0 Å². The van der Waals surface area contributed by atoms with Gasteiger partial charge in [-0.1, -0.05) is 67.9 Å². The summed E-state index contributed by atoms with van der Waals surface area (Å²) in [5, 5.41) is 11.9. The molecule has 0 amide bonds. The van der Waals surface area contributed by atoms with Gasteiger partial charge in [0, 0.05) is 23.5 Å². The average Bonchev–Trinajstić information content (AvgIpc) is 3.82. The molecular formula is C47H44N6. The van der Waals surface area contributed by atoms with Crippen LogP contribution in [0.15, 0.2) is 127 Å². The first-order chi connectivity index (χ1) is 25.8. The molecule has 0 fully saturated rings. The number of hydrogen-bond donors (Lipinski definition) is 0. The van der Waals surface area contributed by atoms with E-state index in [0.29, 0.717) is 0 Å². The first kappa shape index (κ1) is 33.9. The molecule has 0 radical (unpaired) electrons. The summed E-state index contributed by atoms with van der Waals surface area (Å²) in [6.07, 6.45) is 5.96. The zero-order valence-electron chi connectivity index (χ0n) is 31.4. The fourth-order valence-corrected chi connectivity index (χ4v) is 7.98. The van der Waals surface area contributed by atoms with Crippen LogP contribution in [0, 0.1) is 27.7 Å². The molecule has 0 aliphatic rings. The molecule has 0 atom stereocenters. The molecule has 0 aliphatic carbocycles. The monoisotopic (exact) mass is 692 g/mol. The molecule has 0 unspecified atom stereocenters. The van der Waals surface area contributed by atoms with Crippen LogP contribution in [-0.4, -0.2) is 33.3 Å². The van der Waals surface area contributed by atoms with Gasteiger partial charge < -0.3 is 4.90 Å². The van der Waals surface area contributed by atoms with E-state index in [4.69, 9.17) is 10.2 Å². The molecule has 6 heteroatoms. The van der Waals surface area contributed by atoms with Crippen molar-refractivity contribution in [1.29, 1.82) is 0 Å². The van der Waals surface area contributed by atoms with Crippen LogP contribution in [-0.2, 0) is 6.42 Å². The molecule has 0 spiro atoms. The number of aryl methyl sites for hydroxylation is 1. The van der Waals surface area contributed by atoms with E-state index in [-0.39, 0.29) is 0 Å². The van der Waals surface area contributed by atoms with E-state index in [9.17, 15) is 0 Å². The van der Waals surface area contributed by atoms with E-state index in [2.05, 4.69) is 155 Å². The van der Waals surface area contributed by atoms with Crippen molar-refractivity contribution in [2.75, 3.05) is 11.9 Å². The van der Waals surface area contributed by atoms with Crippen LogP contribution in [0.5, 0.6) is 0 Å². The summed E-state index contributed by atoms with van der Waals surface area (Å²) in [6, 6.07) is 38.7. The summed E-state index contributed by atoms with van der Waals surface area (Å²) in [5.74, 6) is 0. The second-order valence-electron chi connectivity index (χ2n) is 14.1. The van der Waals surface area contributed by atoms with Crippen molar-refractivity contribution in [3.63, 3.8) is 0 Å². The first-order valence-corrected chi connectivity index (χ1v) is 18.3. The highest BCUT2D eigenvalue weighted by Crippen LogP contribution is 2.43. The summed E-state index contributed by atoms with van der Waals surface area (Å²) < 4.78 is 4.09. The number of para-hydroxylation sites is 4. The normalized spacial score (nSPS) is 11.4. The fraction of sp³-hybridized carbons (Fsp3) is 0.170. The molecule has 2 aromatic heterocycles. The minimum absolute atomic E-state index is 0.869. The summed E-state index contributed by atoms with van der Waals surface area (Å²) in [6.45, 7) is 15.2. The van der Waals surface area contributed by atoms with Crippen molar-refractivity contribution in [2.24, 2.45) is 4.99 Å². The maximum atomic E-state index is 4.87. The second-order valence-corrected chi connectivity index (χ2v) is 14.1. The van der Waals surface area contributed by atoms with Gasteiger partial charge in [-0.05, 0) is 146 Å². The van der Waals surface area contributed by atoms with Gasteiger partial charge in [-0.3, -0.25) is 4.99 Å². The maximum Gasteiger partial charge on any atom is 0.0859 e. The number of hydrogen-bond acceptors (Lipinski definition) is 4. The van der Waals surface area contributed by atoms with Crippen LogP contribution in [0.1, 0.15) is 41.2 Å². The Balaban J connectivity index is 1.32. The van der Waals surface area contributed by atoms with Crippen LogP contribution >= 0.6 is 0 Å². The lowest BCUT2D eigenvalue weighted by Gasteiger charge is -2.25. The fourth-order valence-electron chi connectivity index (χ4n) is 7.98. The lowest BCUT2D eigenvalue weighted by molar-refractivity contribution is 0.886. The van der Waals surface area contributed by atoms with E-state index in [1.54, 1.807) is 0 Å². The minimum Gasteiger partial charge on any atom is -0.343 e. The van der Waals surface area contributed by atoms with E-state index in [1.807, 2.05) is 33.9 Å². The Morgan fingerprint density at radius 3 is 1.68 bits per heavy atom. The van der Waals surface area contributed by atoms with E-state index >= 15 is 0 Å². The van der Waals surface area contributed by atoms with E-state index < -0.39 is 0 Å². The SMILES string of the molecule is C=Nc1ccccc1N(C)c1cc(CCC)cc(-c2c(C)c(C)c(-c3cc(-n4ncc5ccccc54)cc(-n4ncc5ccccc54)c3)c(C)c2C)c1. The van der Waals surface area contributed by atoms with Gasteiger partial charge in [-0.15, -0.1) is 0 Å². The third kappa shape index (κ3) is 5.90. The molecule has 0 saturated carbocycles. The summed E-state index contributed by atoms with van der Waals surface area (Å²) in [7, 11) is 2.12. The Hall–Kier alpha value is -6.27. The summed E-state index contributed by atoms with van der Waals surface area (Å²) in [4.78, 5) is 6.55. The molecular weight excluding hydrogens is 649 g/mol. The van der Waals surface area contributed by atoms with Crippen molar-refractivity contribution >= 4 is 45.6 Å². The van der Waals surface area contributed by atoms with Crippen molar-refractivity contribution in [2.45, 2.75) is 47.5 Å². The zero-order chi connectivity index (χ0) is 36.8. The summed E-state index contributed by atoms with van der Waals surface area (Å²) >= 11 is 0. The lowest BCUT2D eigenvalue weighted by atomic mass is 9.82. The number of anilines is 2. The Bertz CT molecular complexity index is 2550. The van der Waals surface area contributed by atoms with Crippen LogP contribution in [0.25, 0.3) is 55.4 Å². The third-order valence-corrected chi connectivity index (χ3v) is 10.9. The van der Waals surface area contributed by atoms with Crippen molar-refractivity contribution in [3.05, 3.63) is 149 Å². The highest BCUT2D eigenvalue weighted by molar-refractivity contribution is 5.88. The standard InChI is InChI=1S/C47H44N6/c1-8-15-34-22-37(24-39(23-34)51(7)45-21-14-11-18-42(45)48-6)46-30(2)32(4)47(33(5)31(46)3)38-25-40(52-43-19-12-9-16-35(43)28-49-52)27-41(26-38)53-44-20-13-10-17-36(44)29-50-53/h9-14,16-29H,6,8,15H2,1-5,7H3. The highest BCUT2D eigenvalue weighted by atomic mass is 15.3. The van der Waals surface area contributed by atoms with Gasteiger partial charge in [0.1, 0.15) is 0 Å². The number of rotatable bonds is 9. The van der Waals surface area contributed by atoms with Gasteiger partial charge in [0.15, 0.2) is 0 Å². The van der Waals surface area contributed by atoms with Gasteiger partial charge in [-0.25, -0.2) is 9.36 Å². The van der Waals surface area contributed by atoms with Gasteiger partial charge >= 0.3 is 0 Å². The molecule has 6 nitrogen and oxygen atoms in total. The molecule has 53 heavy (non-hydrogen) atoms. The molecule has 262 valence electrons. The van der Waals surface area contributed by atoms with Crippen LogP contribution < -0.4 is 4.90 Å². The van der Waals surface area contributed by atoms with Crippen LogP contribution in [0.2, 0.25) is 0 Å². The van der Waals surface area contributed by atoms with Crippen molar-refractivity contribution in [1.82, 2.24) is 19.6 Å². The largest absolute Gasteiger partial charge is 0.343 e. The smallest absolute Gasteiger partial charge is 0.0859 e. The first-order valence-electron chi connectivity index (χ1n) is 18.3. The topological polar surface area (TPSA) is 51.2 Å². The highest BCUT2D eigenvalue weighted by Gasteiger charge is 2.21. The van der Waals surface area contributed by atoms with Gasteiger partial charge in [0.25, 0.3) is 0 Å². The summed E-state index contributed by atoms with van der Waals surface area (Å²) in [5.41, 5.74) is 18.5. The van der Waals surface area contributed by atoms with Crippen molar-refractivity contribution in [3.8, 4) is 33.6 Å². The van der Waals surface area contributed by atoms with Gasteiger partial charge in [0.2, 0.25) is 0 Å². The molecule has 0 saturated heterocycles.